The van der Waals surface area contributed by atoms with Crippen LogP contribution in [0.5, 0.6) is 0 Å². The Hall–Kier alpha value is -2.33. The molecule has 2 aromatic rings. The monoisotopic (exact) mass is 582 g/mol. The number of nitrogen functional groups attached to an aromatic ring is 1. The Morgan fingerprint density at radius 2 is 1.76 bits per heavy atom. The van der Waals surface area contributed by atoms with Crippen molar-refractivity contribution in [2.45, 2.75) is 80.4 Å². The zero-order valence-electron chi connectivity index (χ0n) is 23.3. The van der Waals surface area contributed by atoms with Gasteiger partial charge in [0.2, 0.25) is 0 Å². The number of nitrogens with zero attached hydrogens (tertiary/aromatic N) is 2. The van der Waals surface area contributed by atoms with Crippen molar-refractivity contribution in [3.8, 4) is 11.1 Å². The summed E-state index contributed by atoms with van der Waals surface area (Å²) < 4.78 is 22.2. The molecule has 6 aliphatic rings. The Bertz CT molecular complexity index is 1370. The van der Waals surface area contributed by atoms with Crippen LogP contribution in [0.4, 0.5) is 5.82 Å². The summed E-state index contributed by atoms with van der Waals surface area (Å²) in [6, 6.07) is 11.2. The summed E-state index contributed by atoms with van der Waals surface area (Å²) in [7, 11) is -4.57. The normalized spacial score (nSPS) is 33.5. The van der Waals surface area contributed by atoms with Crippen LogP contribution in [0.2, 0.25) is 0 Å². The number of carbonyl (C=O) groups excluding carboxylic acids is 1. The first kappa shape index (κ1) is 27.5. The highest BCUT2D eigenvalue weighted by Crippen LogP contribution is 2.60. The second-order valence-corrected chi connectivity index (χ2v) is 14.2. The van der Waals surface area contributed by atoms with Gasteiger partial charge in [0.25, 0.3) is 5.91 Å². The van der Waals surface area contributed by atoms with Crippen LogP contribution in [-0.4, -0.2) is 69.1 Å². The predicted octanol–water partition coefficient (Wildman–Crippen LogP) is 3.77. The molecule has 4 aliphatic carbocycles. The van der Waals surface area contributed by atoms with Crippen LogP contribution < -0.4 is 11.1 Å². The lowest BCUT2D eigenvalue weighted by atomic mass is 9.63. The van der Waals surface area contributed by atoms with Crippen LogP contribution in [0.15, 0.2) is 36.5 Å². The van der Waals surface area contributed by atoms with Gasteiger partial charge in [-0.3, -0.25) is 14.2 Å². The predicted molar refractivity (Wildman–Crippen MR) is 153 cm³/mol. The highest BCUT2D eigenvalue weighted by atomic mass is 31.2. The van der Waals surface area contributed by atoms with E-state index < -0.39 is 19.0 Å². The third-order valence-corrected chi connectivity index (χ3v) is 11.3. The maximum absolute atomic E-state index is 13.4. The molecule has 8 rings (SSSR count). The highest BCUT2D eigenvalue weighted by molar-refractivity contribution is 7.46. The topological polar surface area (TPSA) is 147 Å². The Balaban J connectivity index is 1.03. The number of pyridine rings is 1. The standard InChI is InChI=1S/C30H39N4O6P/c31-26-25(27(35)33-28-7-10-29(11-8-28,12-9-28)40-41(36,37)38)15-21(17-32-26)20-1-3-22(4-2-20)30-16-23(30)18-34(19-30)24-5-13-39-14-6-24/h1-4,15,17,23-24H,5-14,16,18-19H2,(H2,31,32)(H,33,35)(H2,36,37,38)/t23-,28?,29?,30+/m1/s1. The lowest BCUT2D eigenvalue weighted by Gasteiger charge is -2.52. The van der Waals surface area contributed by atoms with Crippen molar-refractivity contribution >= 4 is 19.5 Å². The number of rotatable bonds is 7. The van der Waals surface area contributed by atoms with Crippen molar-refractivity contribution in [3.05, 3.63) is 47.7 Å². The van der Waals surface area contributed by atoms with Crippen LogP contribution >= 0.6 is 7.82 Å². The van der Waals surface area contributed by atoms with E-state index in [9.17, 15) is 19.1 Å². The largest absolute Gasteiger partial charge is 0.470 e. The van der Waals surface area contributed by atoms with Crippen LogP contribution in [0, 0.1) is 5.92 Å². The first-order valence-electron chi connectivity index (χ1n) is 14.8. The molecule has 1 amide bonds. The minimum atomic E-state index is -4.57. The Labute approximate surface area is 240 Å². The fourth-order valence-electron chi connectivity index (χ4n) is 8.14. The van der Waals surface area contributed by atoms with Crippen molar-refractivity contribution in [1.82, 2.24) is 15.2 Å². The van der Waals surface area contributed by atoms with Crippen molar-refractivity contribution < 1.29 is 28.4 Å². The zero-order chi connectivity index (χ0) is 28.5. The number of amides is 1. The van der Waals surface area contributed by atoms with E-state index in [-0.39, 0.29) is 17.1 Å². The average molecular weight is 583 g/mol. The second kappa shape index (κ2) is 9.86. The molecule has 11 heteroatoms. The van der Waals surface area contributed by atoms with Gasteiger partial charge in [0.1, 0.15) is 5.82 Å². The van der Waals surface area contributed by atoms with E-state index in [1.54, 1.807) is 6.20 Å². The number of likely N-dealkylation sites (tertiary alicyclic amines) is 1. The molecule has 2 bridgehead atoms. The summed E-state index contributed by atoms with van der Waals surface area (Å²) >= 11 is 0. The minimum Gasteiger partial charge on any atom is -0.383 e. The molecule has 220 valence electrons. The number of fused-ring (bicyclic) bond motifs is 4. The van der Waals surface area contributed by atoms with Gasteiger partial charge in [-0.15, -0.1) is 0 Å². The number of phosphoric acid groups is 1. The molecule has 5 N–H and O–H groups in total. The number of phosphoric ester groups is 1. The highest BCUT2D eigenvalue weighted by Gasteiger charge is 2.61. The number of nitrogens with two attached hydrogens (primary N) is 1. The number of carbonyl (C=O) groups is 1. The van der Waals surface area contributed by atoms with Gasteiger partial charge in [0, 0.05) is 55.1 Å². The Morgan fingerprint density at radius 3 is 2.41 bits per heavy atom. The van der Waals surface area contributed by atoms with Crippen LogP contribution in [0.25, 0.3) is 11.1 Å². The molecular formula is C30H39N4O6P. The number of nitrogens with one attached hydrogen (secondary N) is 1. The average Bonchev–Trinajstić information content (AvgIpc) is 3.54. The summed E-state index contributed by atoms with van der Waals surface area (Å²) in [5, 5.41) is 3.20. The first-order valence-corrected chi connectivity index (χ1v) is 16.4. The van der Waals surface area contributed by atoms with Gasteiger partial charge in [-0.25, -0.2) is 9.55 Å². The number of benzene rings is 1. The number of aromatic nitrogens is 1. The molecule has 1 aromatic carbocycles. The zero-order valence-corrected chi connectivity index (χ0v) is 24.2. The van der Waals surface area contributed by atoms with Crippen LogP contribution in [0.1, 0.15) is 73.7 Å². The molecule has 10 nitrogen and oxygen atoms in total. The van der Waals surface area contributed by atoms with Gasteiger partial charge in [-0.05, 0) is 80.9 Å². The molecule has 3 heterocycles. The van der Waals surface area contributed by atoms with E-state index in [0.717, 1.165) is 49.6 Å². The summed E-state index contributed by atoms with van der Waals surface area (Å²) in [6.07, 6.45) is 8.52. The summed E-state index contributed by atoms with van der Waals surface area (Å²) in [5.41, 5.74) is 8.79. The lowest BCUT2D eigenvalue weighted by molar-refractivity contribution is -0.0653. The van der Waals surface area contributed by atoms with Crippen molar-refractivity contribution in [3.63, 3.8) is 0 Å². The molecule has 6 fully saturated rings. The first-order chi connectivity index (χ1) is 19.6. The number of hydrogen-bond donors (Lipinski definition) is 4. The maximum atomic E-state index is 13.4. The fourth-order valence-corrected chi connectivity index (χ4v) is 8.92. The van der Waals surface area contributed by atoms with E-state index >= 15 is 0 Å². The SMILES string of the molecule is Nc1ncc(-c2ccc([C@@]34C[C@@H]3CN(C3CCOCC3)C4)cc2)cc1C(=O)NC12CCC(OP(=O)(O)O)(CC1)CC2. The molecule has 0 radical (unpaired) electrons. The Kier molecular flexibility index (Phi) is 6.61. The number of piperidine rings is 1. The van der Waals surface area contributed by atoms with Gasteiger partial charge in [0.05, 0.1) is 11.2 Å². The van der Waals surface area contributed by atoms with E-state index in [1.807, 2.05) is 6.07 Å². The lowest BCUT2D eigenvalue weighted by Crippen LogP contribution is -2.59. The van der Waals surface area contributed by atoms with E-state index in [0.29, 0.717) is 50.1 Å². The molecule has 1 aromatic heterocycles. The molecule has 4 saturated carbocycles. The Morgan fingerprint density at radius 1 is 1.07 bits per heavy atom. The van der Waals surface area contributed by atoms with Crippen LogP contribution in [-0.2, 0) is 19.2 Å². The molecule has 41 heavy (non-hydrogen) atoms. The van der Waals surface area contributed by atoms with Gasteiger partial charge in [0.15, 0.2) is 0 Å². The third kappa shape index (κ3) is 5.13. The van der Waals surface area contributed by atoms with E-state index in [2.05, 4.69) is 39.5 Å². The molecule has 0 unspecified atom stereocenters. The molecule has 2 saturated heterocycles. The molecular weight excluding hydrogens is 543 g/mol. The van der Waals surface area contributed by atoms with Crippen molar-refractivity contribution in [1.29, 1.82) is 0 Å². The second-order valence-electron chi connectivity index (χ2n) is 13.1. The van der Waals surface area contributed by atoms with E-state index in [1.165, 1.54) is 18.5 Å². The van der Waals surface area contributed by atoms with Crippen LogP contribution in [0.3, 0.4) is 0 Å². The maximum Gasteiger partial charge on any atom is 0.470 e. The molecule has 2 atom stereocenters. The van der Waals surface area contributed by atoms with Crippen molar-refractivity contribution in [2.24, 2.45) is 5.92 Å². The quantitative estimate of drug-likeness (QED) is 0.358. The summed E-state index contributed by atoms with van der Waals surface area (Å²) in [4.78, 5) is 39.1. The summed E-state index contributed by atoms with van der Waals surface area (Å²) in [6.45, 7) is 4.06. The minimum absolute atomic E-state index is 0.184. The number of hydrogen-bond acceptors (Lipinski definition) is 7. The van der Waals surface area contributed by atoms with Gasteiger partial charge >= 0.3 is 7.82 Å². The van der Waals surface area contributed by atoms with Gasteiger partial charge in [-0.1, -0.05) is 24.3 Å². The molecule has 0 spiro atoms. The number of anilines is 1. The van der Waals surface area contributed by atoms with Gasteiger partial charge < -0.3 is 25.6 Å². The summed E-state index contributed by atoms with van der Waals surface area (Å²) in [5.74, 6) is 0.652. The smallest absolute Gasteiger partial charge is 0.383 e. The fraction of sp³-hybridized carbons (Fsp3) is 0.600. The van der Waals surface area contributed by atoms with E-state index in [4.69, 9.17) is 15.0 Å². The van der Waals surface area contributed by atoms with Crippen molar-refractivity contribution in [2.75, 3.05) is 32.0 Å². The molecule has 2 aliphatic heterocycles. The third-order valence-electron chi connectivity index (χ3n) is 10.7. The number of ether oxygens (including phenoxy) is 1. The van der Waals surface area contributed by atoms with Gasteiger partial charge in [-0.2, -0.15) is 0 Å².